The van der Waals surface area contributed by atoms with Gasteiger partial charge in [-0.3, -0.25) is 4.68 Å². The van der Waals surface area contributed by atoms with Crippen LogP contribution in [0.25, 0.3) is 0 Å². The molecule has 0 saturated carbocycles. The molecule has 0 saturated heterocycles. The van der Waals surface area contributed by atoms with Gasteiger partial charge in [0.25, 0.3) is 0 Å². The molecule has 0 fully saturated rings. The average molecular weight is 275 g/mol. The lowest BCUT2D eigenvalue weighted by Crippen LogP contribution is -2.00. The second-order valence-corrected chi connectivity index (χ2v) is 4.55. The van der Waals surface area contributed by atoms with E-state index >= 15 is 0 Å². The van der Waals surface area contributed by atoms with E-state index < -0.39 is 0 Å². The summed E-state index contributed by atoms with van der Waals surface area (Å²) in [6.45, 7) is 5.71. The predicted molar refractivity (Wildman–Crippen MR) is 79.5 cm³/mol. The van der Waals surface area contributed by atoms with E-state index in [4.69, 9.17) is 9.47 Å². The average Bonchev–Trinajstić information content (AvgIpc) is 2.85. The molecule has 2 aromatic rings. The van der Waals surface area contributed by atoms with Crippen LogP contribution in [0.4, 0.5) is 5.69 Å². The molecule has 1 N–H and O–H groups in total. The van der Waals surface area contributed by atoms with Crippen LogP contribution in [0.15, 0.2) is 24.4 Å². The summed E-state index contributed by atoms with van der Waals surface area (Å²) in [6, 6.07) is 5.75. The van der Waals surface area contributed by atoms with E-state index in [2.05, 4.69) is 23.5 Å². The molecular weight excluding hydrogens is 254 g/mol. The first-order chi connectivity index (χ1) is 9.66. The fraction of sp³-hybridized carbons (Fsp3) is 0.400. The highest BCUT2D eigenvalue weighted by Gasteiger charge is 2.05. The highest BCUT2D eigenvalue weighted by atomic mass is 16.5. The first-order valence-corrected chi connectivity index (χ1v) is 6.66. The molecule has 1 aromatic heterocycles. The lowest BCUT2D eigenvalue weighted by Gasteiger charge is -2.10. The van der Waals surface area contributed by atoms with Gasteiger partial charge in [-0.1, -0.05) is 0 Å². The van der Waals surface area contributed by atoms with Crippen LogP contribution in [0.3, 0.4) is 0 Å². The number of aromatic nitrogens is 2. The normalized spacial score (nSPS) is 10.4. The van der Waals surface area contributed by atoms with Crippen LogP contribution in [0.1, 0.15) is 18.2 Å². The molecular formula is C15H21N3O2. The number of ether oxygens (including phenoxy) is 2. The van der Waals surface area contributed by atoms with Crippen molar-refractivity contribution < 1.29 is 9.47 Å². The number of methoxy groups -OCH3 is 2. The maximum atomic E-state index is 5.26. The van der Waals surface area contributed by atoms with Gasteiger partial charge in [0.05, 0.1) is 19.9 Å². The molecule has 0 aliphatic heterocycles. The van der Waals surface area contributed by atoms with E-state index in [0.717, 1.165) is 36.0 Å². The number of nitrogens with zero attached hydrogens (tertiary/aromatic N) is 2. The first kappa shape index (κ1) is 14.2. The van der Waals surface area contributed by atoms with Crippen LogP contribution in [0, 0.1) is 6.92 Å². The molecule has 0 amide bonds. The third-order valence-corrected chi connectivity index (χ3v) is 3.21. The second-order valence-electron chi connectivity index (χ2n) is 4.55. The molecule has 0 spiro atoms. The summed E-state index contributed by atoms with van der Waals surface area (Å²) in [5.74, 6) is 1.54. The molecule has 0 atom stereocenters. The van der Waals surface area contributed by atoms with Crippen LogP contribution in [-0.2, 0) is 13.1 Å². The Balaban J connectivity index is 2.11. The second kappa shape index (κ2) is 6.32. The smallest absolute Gasteiger partial charge is 0.124 e. The topological polar surface area (TPSA) is 48.3 Å². The van der Waals surface area contributed by atoms with Gasteiger partial charge in [-0.2, -0.15) is 5.10 Å². The minimum absolute atomic E-state index is 0.724. The van der Waals surface area contributed by atoms with Gasteiger partial charge >= 0.3 is 0 Å². The van der Waals surface area contributed by atoms with Crippen LogP contribution in [-0.4, -0.2) is 24.0 Å². The molecule has 0 unspecified atom stereocenters. The van der Waals surface area contributed by atoms with Gasteiger partial charge in [-0.25, -0.2) is 0 Å². The summed E-state index contributed by atoms with van der Waals surface area (Å²) >= 11 is 0. The van der Waals surface area contributed by atoms with Crippen molar-refractivity contribution in [1.82, 2.24) is 9.78 Å². The van der Waals surface area contributed by atoms with Gasteiger partial charge in [-0.15, -0.1) is 0 Å². The zero-order valence-electron chi connectivity index (χ0n) is 12.4. The molecule has 108 valence electrons. The summed E-state index contributed by atoms with van der Waals surface area (Å²) in [5, 5.41) is 7.81. The van der Waals surface area contributed by atoms with Crippen LogP contribution < -0.4 is 14.8 Å². The SMILES string of the molecule is CCn1cc(CNc2cc(OC)cc(OC)c2)c(C)n1. The van der Waals surface area contributed by atoms with Crippen molar-refractivity contribution in [2.24, 2.45) is 0 Å². The zero-order chi connectivity index (χ0) is 14.5. The van der Waals surface area contributed by atoms with Crippen molar-refractivity contribution in [3.05, 3.63) is 35.7 Å². The van der Waals surface area contributed by atoms with Crippen LogP contribution in [0.2, 0.25) is 0 Å². The summed E-state index contributed by atoms with van der Waals surface area (Å²) in [7, 11) is 3.29. The minimum atomic E-state index is 0.724. The fourth-order valence-corrected chi connectivity index (χ4v) is 2.00. The molecule has 0 radical (unpaired) electrons. The predicted octanol–water partition coefficient (Wildman–Crippen LogP) is 2.84. The maximum absolute atomic E-state index is 5.26. The van der Waals surface area contributed by atoms with Crippen molar-refractivity contribution in [3.8, 4) is 11.5 Å². The van der Waals surface area contributed by atoms with E-state index in [9.17, 15) is 0 Å². The van der Waals surface area contributed by atoms with E-state index in [-0.39, 0.29) is 0 Å². The third kappa shape index (κ3) is 3.23. The van der Waals surface area contributed by atoms with E-state index in [1.54, 1.807) is 14.2 Å². The number of nitrogens with one attached hydrogen (secondary N) is 1. The number of anilines is 1. The van der Waals surface area contributed by atoms with E-state index in [1.165, 1.54) is 5.56 Å². The third-order valence-electron chi connectivity index (χ3n) is 3.21. The number of rotatable bonds is 6. The highest BCUT2D eigenvalue weighted by Crippen LogP contribution is 2.26. The minimum Gasteiger partial charge on any atom is -0.497 e. The lowest BCUT2D eigenvalue weighted by molar-refractivity contribution is 0.394. The monoisotopic (exact) mass is 275 g/mol. The molecule has 0 aliphatic rings. The summed E-state index contributed by atoms with van der Waals surface area (Å²) < 4.78 is 12.5. The van der Waals surface area contributed by atoms with Gasteiger partial charge in [0.1, 0.15) is 11.5 Å². The highest BCUT2D eigenvalue weighted by molar-refractivity contribution is 5.54. The van der Waals surface area contributed by atoms with Crippen molar-refractivity contribution in [2.75, 3.05) is 19.5 Å². The summed E-state index contributed by atoms with van der Waals surface area (Å²) in [5.41, 5.74) is 3.20. The van der Waals surface area contributed by atoms with Gasteiger partial charge in [0.2, 0.25) is 0 Å². The quantitative estimate of drug-likeness (QED) is 0.880. The number of aryl methyl sites for hydroxylation is 2. The first-order valence-electron chi connectivity index (χ1n) is 6.66. The Hall–Kier alpha value is -2.17. The maximum Gasteiger partial charge on any atom is 0.124 e. The Morgan fingerprint density at radius 1 is 1.15 bits per heavy atom. The molecule has 0 aliphatic carbocycles. The van der Waals surface area contributed by atoms with Gasteiger partial charge in [-0.05, 0) is 13.8 Å². The van der Waals surface area contributed by atoms with Crippen LogP contribution in [0.5, 0.6) is 11.5 Å². The van der Waals surface area contributed by atoms with Crippen molar-refractivity contribution in [2.45, 2.75) is 26.9 Å². The molecule has 5 heteroatoms. The number of hydrogen-bond acceptors (Lipinski definition) is 4. The molecule has 1 aromatic carbocycles. The van der Waals surface area contributed by atoms with Gasteiger partial charge in [0.15, 0.2) is 0 Å². The molecule has 5 nitrogen and oxygen atoms in total. The zero-order valence-corrected chi connectivity index (χ0v) is 12.4. The van der Waals surface area contributed by atoms with E-state index in [0.29, 0.717) is 0 Å². The lowest BCUT2D eigenvalue weighted by atomic mass is 10.2. The Kier molecular flexibility index (Phi) is 4.50. The van der Waals surface area contributed by atoms with Crippen molar-refractivity contribution in [3.63, 3.8) is 0 Å². The molecule has 0 bridgehead atoms. The van der Waals surface area contributed by atoms with Gasteiger partial charge < -0.3 is 14.8 Å². The summed E-state index contributed by atoms with van der Waals surface area (Å²) in [6.07, 6.45) is 2.07. The molecule has 2 rings (SSSR count). The fourth-order valence-electron chi connectivity index (χ4n) is 2.00. The number of benzene rings is 1. The largest absolute Gasteiger partial charge is 0.497 e. The van der Waals surface area contributed by atoms with Crippen LogP contribution >= 0.6 is 0 Å². The Morgan fingerprint density at radius 2 is 1.80 bits per heavy atom. The van der Waals surface area contributed by atoms with Crippen molar-refractivity contribution >= 4 is 5.69 Å². The van der Waals surface area contributed by atoms with Gasteiger partial charge in [0, 0.05) is 48.7 Å². The molecule has 20 heavy (non-hydrogen) atoms. The number of hydrogen-bond donors (Lipinski definition) is 1. The standard InChI is InChI=1S/C15H21N3O2/c1-5-18-10-12(11(2)17-18)9-16-13-6-14(19-3)8-15(7-13)20-4/h6-8,10,16H,5,9H2,1-4H3. The van der Waals surface area contributed by atoms with E-state index in [1.807, 2.05) is 29.8 Å². The Bertz CT molecular complexity index is 556. The summed E-state index contributed by atoms with van der Waals surface area (Å²) in [4.78, 5) is 0. The molecule has 1 heterocycles. The van der Waals surface area contributed by atoms with Crippen molar-refractivity contribution in [1.29, 1.82) is 0 Å². The Morgan fingerprint density at radius 3 is 2.30 bits per heavy atom. The Labute approximate surface area is 119 Å².